The molecule has 0 aliphatic carbocycles. The summed E-state index contributed by atoms with van der Waals surface area (Å²) in [6, 6.07) is 0. The molecule has 0 aromatic rings. The monoisotopic (exact) mass is 284 g/mol. The number of rotatable bonds is 0. The van der Waals surface area contributed by atoms with Crippen molar-refractivity contribution in [3.63, 3.8) is 0 Å². The predicted molar refractivity (Wildman–Crippen MR) is 33.5 cm³/mol. The quantitative estimate of drug-likeness (QED) is 0.357. The van der Waals surface area contributed by atoms with Gasteiger partial charge in [-0.15, -0.1) is 0 Å². The van der Waals surface area contributed by atoms with Gasteiger partial charge < -0.3 is 35.7 Å². The average molecular weight is 282 g/mol. The molecule has 0 aliphatic rings. The van der Waals surface area contributed by atoms with Crippen molar-refractivity contribution in [2.45, 2.75) is 6.92 Å². The zero-order valence-electron chi connectivity index (χ0n) is 6.21. The fraction of sp³-hybridized carbons (Fsp3) is 1.00. The van der Waals surface area contributed by atoms with E-state index in [1.54, 1.807) is 6.92 Å². The average Bonchev–Trinajstić information content (AvgIpc) is 1.60. The Hall–Kier alpha value is -0.718. The van der Waals surface area contributed by atoms with E-state index in [4.69, 9.17) is 35.7 Å². The van der Waals surface area contributed by atoms with E-state index in [-0.39, 0.29) is 33.9 Å². The standard InChI is InChI=1S/C2H6O.Cd.2NO3/c1-2-3;;2*2-1(3)4/h3H,2H2,1H3;;;/q;+2;2*-1. The van der Waals surface area contributed by atoms with E-state index in [2.05, 4.69) is 0 Å². The first-order valence-electron chi connectivity index (χ1n) is 2.12. The van der Waals surface area contributed by atoms with Crippen LogP contribution in [0.3, 0.4) is 0 Å². The van der Waals surface area contributed by atoms with Crippen LogP contribution in [0, 0.1) is 30.6 Å². The number of nitrogens with zero attached hydrogens (tertiary/aromatic N) is 2. The summed E-state index contributed by atoms with van der Waals surface area (Å²) in [6.07, 6.45) is 0. The molecule has 0 heterocycles. The molecule has 0 unspecified atom stereocenters. The molecule has 0 aromatic heterocycles. The Kier molecular flexibility index (Phi) is 42.1. The zero-order chi connectivity index (χ0) is 9.86. The third-order valence-electron chi connectivity index (χ3n) is 0. The topological polar surface area (TPSA) is 153 Å². The van der Waals surface area contributed by atoms with E-state index in [1.165, 1.54) is 0 Å². The van der Waals surface area contributed by atoms with Gasteiger partial charge in [0.25, 0.3) is 0 Å². The van der Waals surface area contributed by atoms with Gasteiger partial charge in [-0.05, 0) is 6.92 Å². The molecule has 0 radical (unpaired) electrons. The molecule has 1 N–H and O–H groups in total. The Balaban J connectivity index is -0.0000000389. The van der Waals surface area contributed by atoms with Crippen LogP contribution in [0.4, 0.5) is 0 Å². The molecule has 10 heteroatoms. The van der Waals surface area contributed by atoms with E-state index in [9.17, 15) is 0 Å². The van der Waals surface area contributed by atoms with Crippen LogP contribution in [-0.2, 0) is 27.3 Å². The van der Waals surface area contributed by atoms with Crippen molar-refractivity contribution in [3.05, 3.63) is 30.6 Å². The maximum absolute atomic E-state index is 8.25. The molecule has 0 amide bonds. The van der Waals surface area contributed by atoms with Crippen LogP contribution < -0.4 is 0 Å². The van der Waals surface area contributed by atoms with Gasteiger partial charge in [-0.3, -0.25) is 0 Å². The van der Waals surface area contributed by atoms with Crippen molar-refractivity contribution in [1.29, 1.82) is 0 Å². The maximum Gasteiger partial charge on any atom is 2.00 e. The van der Waals surface area contributed by atoms with Crippen LogP contribution in [0.15, 0.2) is 0 Å². The summed E-state index contributed by atoms with van der Waals surface area (Å²) in [5, 5.41) is 37.1. The summed E-state index contributed by atoms with van der Waals surface area (Å²) in [7, 11) is 0. The normalized spacial score (nSPS) is 5.50. The van der Waals surface area contributed by atoms with E-state index in [1.807, 2.05) is 0 Å². The molecule has 0 atom stereocenters. The second-order valence-corrected chi connectivity index (χ2v) is 0.763. The third kappa shape index (κ3) is 1240. The van der Waals surface area contributed by atoms with Crippen molar-refractivity contribution >= 4 is 0 Å². The van der Waals surface area contributed by atoms with Crippen molar-refractivity contribution in [2.24, 2.45) is 0 Å². The predicted octanol–water partition coefficient (Wildman–Crippen LogP) is -0.482. The fourth-order valence-corrected chi connectivity index (χ4v) is 0. The van der Waals surface area contributed by atoms with E-state index in [0.29, 0.717) is 0 Å². The minimum atomic E-state index is -1.75. The van der Waals surface area contributed by atoms with Gasteiger partial charge >= 0.3 is 27.3 Å². The van der Waals surface area contributed by atoms with Crippen LogP contribution in [0.5, 0.6) is 0 Å². The summed E-state index contributed by atoms with van der Waals surface area (Å²) < 4.78 is 0. The van der Waals surface area contributed by atoms with Crippen LogP contribution in [0.2, 0.25) is 0 Å². The Labute approximate surface area is 87.0 Å². The summed E-state index contributed by atoms with van der Waals surface area (Å²) >= 11 is 0. The molecule has 0 saturated heterocycles. The van der Waals surface area contributed by atoms with Gasteiger partial charge in [0.1, 0.15) is 0 Å². The Morgan fingerprint density at radius 1 is 1.08 bits per heavy atom. The number of hydrogen-bond acceptors (Lipinski definition) is 7. The first-order valence-corrected chi connectivity index (χ1v) is 2.12. The summed E-state index contributed by atoms with van der Waals surface area (Å²) in [6.45, 7) is 1.93. The van der Waals surface area contributed by atoms with Crippen molar-refractivity contribution in [2.75, 3.05) is 6.61 Å². The molecule has 68 valence electrons. The van der Waals surface area contributed by atoms with E-state index >= 15 is 0 Å². The second kappa shape index (κ2) is 22.4. The van der Waals surface area contributed by atoms with E-state index < -0.39 is 10.2 Å². The molecule has 12 heavy (non-hydrogen) atoms. The molecule has 0 rings (SSSR count). The van der Waals surface area contributed by atoms with Crippen LogP contribution in [0.25, 0.3) is 0 Å². The minimum absolute atomic E-state index is 0. The summed E-state index contributed by atoms with van der Waals surface area (Å²) in [5.74, 6) is 0. The third-order valence-corrected chi connectivity index (χ3v) is 0. The van der Waals surface area contributed by atoms with Gasteiger partial charge in [-0.2, -0.15) is 0 Å². The van der Waals surface area contributed by atoms with Gasteiger partial charge in [0.15, 0.2) is 0 Å². The van der Waals surface area contributed by atoms with Gasteiger partial charge in [0.2, 0.25) is 0 Å². The van der Waals surface area contributed by atoms with Gasteiger partial charge in [-0.25, -0.2) is 0 Å². The fourth-order valence-electron chi connectivity index (χ4n) is 0. The van der Waals surface area contributed by atoms with E-state index in [0.717, 1.165) is 0 Å². The van der Waals surface area contributed by atoms with Crippen LogP contribution >= 0.6 is 0 Å². The smallest absolute Gasteiger partial charge is 0.397 e. The molecule has 0 spiro atoms. The number of aliphatic hydroxyl groups is 1. The zero-order valence-corrected chi connectivity index (χ0v) is 10.2. The Bertz CT molecular complexity index is 87.6. The van der Waals surface area contributed by atoms with Crippen LogP contribution in [0.1, 0.15) is 6.92 Å². The molecular formula is C2H6CdN2O7. The van der Waals surface area contributed by atoms with Gasteiger partial charge in [-0.1, -0.05) is 0 Å². The SMILES string of the molecule is CCO.O=[N+]([O-])[O-].O=[N+]([O-])[O-].[Cd+2]. The first-order chi connectivity index (χ1) is 4.88. The second-order valence-electron chi connectivity index (χ2n) is 0.763. The first kappa shape index (κ1) is 22.5. The minimum Gasteiger partial charge on any atom is -0.397 e. The van der Waals surface area contributed by atoms with Gasteiger partial charge in [0, 0.05) is 6.61 Å². The Morgan fingerprint density at radius 2 is 1.08 bits per heavy atom. The molecule has 0 saturated carbocycles. The number of aliphatic hydroxyl groups excluding tert-OH is 1. The molecular weight excluding hydrogens is 276 g/mol. The van der Waals surface area contributed by atoms with Crippen molar-refractivity contribution in [3.8, 4) is 0 Å². The molecule has 0 fully saturated rings. The van der Waals surface area contributed by atoms with Crippen molar-refractivity contribution < 1.29 is 42.6 Å². The van der Waals surface area contributed by atoms with Crippen molar-refractivity contribution in [1.82, 2.24) is 0 Å². The molecule has 0 aromatic carbocycles. The summed E-state index contributed by atoms with van der Waals surface area (Å²) in [5.41, 5.74) is 0. The van der Waals surface area contributed by atoms with Crippen LogP contribution in [-0.4, -0.2) is 21.9 Å². The summed E-state index contributed by atoms with van der Waals surface area (Å²) in [4.78, 5) is 16.5. The molecule has 0 aliphatic heterocycles. The number of hydrogen-bond donors (Lipinski definition) is 1. The molecule has 9 nitrogen and oxygen atoms in total. The molecule has 0 bridgehead atoms. The largest absolute Gasteiger partial charge is 2.00 e. The Morgan fingerprint density at radius 3 is 1.08 bits per heavy atom. The van der Waals surface area contributed by atoms with Gasteiger partial charge in [0.05, 0.1) is 10.2 Å². The maximum atomic E-state index is 8.25.